The number of carbonyl (C=O) groups excluding carboxylic acids is 1. The van der Waals surface area contributed by atoms with Crippen LogP contribution in [-0.4, -0.2) is 52.9 Å². The van der Waals surface area contributed by atoms with Crippen LogP contribution in [0.2, 0.25) is 0 Å². The highest BCUT2D eigenvalue weighted by molar-refractivity contribution is 5.92. The topological polar surface area (TPSA) is 76.6 Å². The van der Waals surface area contributed by atoms with Crippen LogP contribution in [0.3, 0.4) is 0 Å². The van der Waals surface area contributed by atoms with Gasteiger partial charge in [-0.15, -0.1) is 0 Å². The van der Waals surface area contributed by atoms with Crippen molar-refractivity contribution in [3.8, 4) is 0 Å². The van der Waals surface area contributed by atoms with Crippen LogP contribution in [0.5, 0.6) is 0 Å². The normalized spacial score (nSPS) is 18.6. The number of hydrogen-bond donors (Lipinski definition) is 1. The van der Waals surface area contributed by atoms with Gasteiger partial charge in [-0.05, 0) is 12.5 Å². The smallest absolute Gasteiger partial charge is 0.274 e. The number of likely N-dealkylation sites (tertiary alicyclic amines) is 1. The Labute approximate surface area is 158 Å². The predicted molar refractivity (Wildman–Crippen MR) is 100 cm³/mol. The summed E-state index contributed by atoms with van der Waals surface area (Å²) in [6.07, 6.45) is 4.54. The van der Waals surface area contributed by atoms with E-state index < -0.39 is 5.79 Å². The molecule has 2 aliphatic rings. The van der Waals surface area contributed by atoms with Gasteiger partial charge in [0.25, 0.3) is 5.91 Å². The van der Waals surface area contributed by atoms with Crippen molar-refractivity contribution in [3.05, 3.63) is 53.5 Å². The lowest BCUT2D eigenvalue weighted by Gasteiger charge is -2.37. The molecule has 3 heterocycles. The maximum atomic E-state index is 12.6. The molecule has 0 saturated carbocycles. The van der Waals surface area contributed by atoms with Gasteiger partial charge in [-0.2, -0.15) is 0 Å². The molecule has 0 aliphatic carbocycles. The first-order valence-corrected chi connectivity index (χ1v) is 9.32. The Bertz CT molecular complexity index is 776. The molecule has 2 aliphatic heterocycles. The number of hydrogen-bond acceptors (Lipinski definition) is 6. The van der Waals surface area contributed by atoms with E-state index >= 15 is 0 Å². The third-order valence-electron chi connectivity index (χ3n) is 5.09. The van der Waals surface area contributed by atoms with Crippen LogP contribution in [0, 0.1) is 6.92 Å². The summed E-state index contributed by atoms with van der Waals surface area (Å²) in [4.78, 5) is 23.1. The monoisotopic (exact) mass is 368 g/mol. The van der Waals surface area contributed by atoms with Gasteiger partial charge >= 0.3 is 0 Å². The quantitative estimate of drug-likeness (QED) is 0.893. The molecule has 1 spiro atoms. The van der Waals surface area contributed by atoms with Gasteiger partial charge in [0.05, 0.1) is 25.6 Å². The van der Waals surface area contributed by atoms with E-state index in [0.29, 0.717) is 57.2 Å². The van der Waals surface area contributed by atoms with Crippen molar-refractivity contribution in [1.29, 1.82) is 0 Å². The van der Waals surface area contributed by atoms with Gasteiger partial charge in [0.2, 0.25) is 0 Å². The highest BCUT2D eigenvalue weighted by Gasteiger charge is 2.41. The van der Waals surface area contributed by atoms with Crippen LogP contribution in [0.1, 0.15) is 34.5 Å². The second kappa shape index (κ2) is 7.62. The number of amides is 1. The lowest BCUT2D eigenvalue weighted by Crippen LogP contribution is -2.47. The molecule has 2 aromatic rings. The first-order chi connectivity index (χ1) is 13.1. The van der Waals surface area contributed by atoms with Gasteiger partial charge in [-0.3, -0.25) is 4.79 Å². The number of rotatable bonds is 4. The maximum absolute atomic E-state index is 12.6. The van der Waals surface area contributed by atoms with Gasteiger partial charge in [-0.1, -0.05) is 29.8 Å². The van der Waals surface area contributed by atoms with Crippen molar-refractivity contribution in [1.82, 2.24) is 14.9 Å². The van der Waals surface area contributed by atoms with Crippen molar-refractivity contribution in [2.45, 2.75) is 32.1 Å². The van der Waals surface area contributed by atoms with E-state index in [1.807, 2.05) is 0 Å². The third-order valence-corrected chi connectivity index (χ3v) is 5.09. The molecule has 0 radical (unpaired) electrons. The maximum Gasteiger partial charge on any atom is 0.274 e. The summed E-state index contributed by atoms with van der Waals surface area (Å²) < 4.78 is 11.4. The number of aromatic nitrogens is 2. The molecular formula is C20H24N4O3. The van der Waals surface area contributed by atoms with E-state index in [4.69, 9.17) is 9.47 Å². The Morgan fingerprint density at radius 2 is 1.81 bits per heavy atom. The molecule has 1 aromatic carbocycles. The summed E-state index contributed by atoms with van der Waals surface area (Å²) in [5.74, 6) is 0.0737. The predicted octanol–water partition coefficient (Wildman–Crippen LogP) is 2.38. The van der Waals surface area contributed by atoms with Crippen LogP contribution in [0.15, 0.2) is 36.7 Å². The number of carbonyl (C=O) groups is 1. The van der Waals surface area contributed by atoms with Crippen LogP contribution >= 0.6 is 0 Å². The van der Waals surface area contributed by atoms with Crippen molar-refractivity contribution < 1.29 is 14.3 Å². The largest absolute Gasteiger partial charge is 0.365 e. The minimum absolute atomic E-state index is 0.0968. The molecule has 0 bridgehead atoms. The summed E-state index contributed by atoms with van der Waals surface area (Å²) in [6.45, 7) is 5.21. The first kappa shape index (κ1) is 17.9. The average Bonchev–Trinajstić information content (AvgIpc) is 3.16. The Kier molecular flexibility index (Phi) is 5.05. The number of nitrogens with zero attached hydrogens (tertiary/aromatic N) is 3. The Morgan fingerprint density at radius 1 is 1.11 bits per heavy atom. The molecule has 0 unspecified atom stereocenters. The standard InChI is InChI=1S/C20H24N4O3/c1-15-2-4-16(5-3-15)12-22-18-14-21-17(13-23-18)19(25)24-8-6-20(7-9-24)26-10-11-27-20/h2-5,13-14H,6-12H2,1H3,(H,22,23). The molecule has 1 aromatic heterocycles. The second-order valence-electron chi connectivity index (χ2n) is 7.03. The van der Waals surface area contributed by atoms with Crippen molar-refractivity contribution in [2.75, 3.05) is 31.6 Å². The number of aryl methyl sites for hydroxylation is 1. The van der Waals surface area contributed by atoms with Gasteiger partial charge in [0, 0.05) is 32.5 Å². The number of nitrogens with one attached hydrogen (secondary N) is 1. The lowest BCUT2D eigenvalue weighted by molar-refractivity contribution is -0.181. The zero-order valence-electron chi connectivity index (χ0n) is 15.5. The van der Waals surface area contributed by atoms with Crippen LogP contribution in [0.25, 0.3) is 0 Å². The summed E-state index contributed by atoms with van der Waals surface area (Å²) in [5.41, 5.74) is 2.76. The Morgan fingerprint density at radius 3 is 2.44 bits per heavy atom. The number of piperidine rings is 1. The second-order valence-corrected chi connectivity index (χ2v) is 7.03. The highest BCUT2D eigenvalue weighted by atomic mass is 16.7. The summed E-state index contributed by atoms with van der Waals surface area (Å²) >= 11 is 0. The zero-order valence-corrected chi connectivity index (χ0v) is 15.5. The van der Waals surface area contributed by atoms with E-state index in [-0.39, 0.29) is 5.91 Å². The molecule has 1 amide bonds. The van der Waals surface area contributed by atoms with E-state index in [0.717, 1.165) is 0 Å². The molecule has 7 heteroatoms. The Balaban J connectivity index is 1.31. The molecule has 2 fully saturated rings. The van der Waals surface area contributed by atoms with Gasteiger partial charge in [0.1, 0.15) is 11.5 Å². The van der Waals surface area contributed by atoms with Gasteiger partial charge in [0.15, 0.2) is 5.79 Å². The van der Waals surface area contributed by atoms with E-state index in [2.05, 4.69) is 46.5 Å². The van der Waals surface area contributed by atoms with Crippen LogP contribution < -0.4 is 5.32 Å². The number of benzene rings is 1. The molecule has 142 valence electrons. The molecule has 4 rings (SSSR count). The van der Waals surface area contributed by atoms with Crippen molar-refractivity contribution in [2.24, 2.45) is 0 Å². The van der Waals surface area contributed by atoms with Crippen molar-refractivity contribution in [3.63, 3.8) is 0 Å². The molecule has 0 atom stereocenters. The number of anilines is 1. The minimum atomic E-state index is -0.480. The summed E-state index contributed by atoms with van der Waals surface area (Å²) in [7, 11) is 0. The minimum Gasteiger partial charge on any atom is -0.365 e. The summed E-state index contributed by atoms with van der Waals surface area (Å²) in [6, 6.07) is 8.31. The fourth-order valence-corrected chi connectivity index (χ4v) is 3.43. The van der Waals surface area contributed by atoms with E-state index in [1.165, 1.54) is 17.3 Å². The SMILES string of the molecule is Cc1ccc(CNc2cnc(C(=O)N3CCC4(CC3)OCCO4)cn2)cc1. The highest BCUT2D eigenvalue weighted by Crippen LogP contribution is 2.31. The van der Waals surface area contributed by atoms with Crippen molar-refractivity contribution >= 4 is 11.7 Å². The lowest BCUT2D eigenvalue weighted by atomic mass is 10.0. The fraction of sp³-hybridized carbons (Fsp3) is 0.450. The zero-order chi connectivity index (χ0) is 18.7. The van der Waals surface area contributed by atoms with Crippen LogP contribution in [0.4, 0.5) is 5.82 Å². The molecule has 2 saturated heterocycles. The van der Waals surface area contributed by atoms with Gasteiger partial charge in [-0.25, -0.2) is 9.97 Å². The molecular weight excluding hydrogens is 344 g/mol. The van der Waals surface area contributed by atoms with Gasteiger partial charge < -0.3 is 19.7 Å². The summed E-state index contributed by atoms with van der Waals surface area (Å²) in [5, 5.41) is 3.23. The van der Waals surface area contributed by atoms with E-state index in [1.54, 1.807) is 11.1 Å². The molecule has 7 nitrogen and oxygen atoms in total. The fourth-order valence-electron chi connectivity index (χ4n) is 3.43. The molecule has 27 heavy (non-hydrogen) atoms. The average molecular weight is 368 g/mol. The molecule has 1 N–H and O–H groups in total. The third kappa shape index (κ3) is 4.09. The van der Waals surface area contributed by atoms with Crippen LogP contribution in [-0.2, 0) is 16.0 Å². The first-order valence-electron chi connectivity index (χ1n) is 9.32. The van der Waals surface area contributed by atoms with E-state index in [9.17, 15) is 4.79 Å². The number of ether oxygens (including phenoxy) is 2. The Hall–Kier alpha value is -2.51.